The van der Waals surface area contributed by atoms with Crippen molar-refractivity contribution >= 4 is 10.8 Å². The van der Waals surface area contributed by atoms with Crippen molar-refractivity contribution in [3.8, 4) is 0 Å². The largest absolute Gasteiger partial charge is 0.327 e. The van der Waals surface area contributed by atoms with Gasteiger partial charge >= 0.3 is 0 Å². The number of nitrogens with two attached hydrogens (primary N) is 1. The average Bonchev–Trinajstić information content (AvgIpc) is 3.13. The van der Waals surface area contributed by atoms with Gasteiger partial charge in [0, 0.05) is 29.7 Å². The molecule has 0 spiro atoms. The van der Waals surface area contributed by atoms with E-state index in [1.807, 2.05) is 6.20 Å². The van der Waals surface area contributed by atoms with Crippen molar-refractivity contribution in [2.45, 2.75) is 25.3 Å². The Bertz CT molecular complexity index is 498. The Labute approximate surface area is 95.5 Å². The SMILES string of the molecule is NC(Cc1nccc2ccccc12)C1CC1. The summed E-state index contributed by atoms with van der Waals surface area (Å²) in [5, 5.41) is 2.51. The van der Waals surface area contributed by atoms with Crippen molar-refractivity contribution in [2.75, 3.05) is 0 Å². The summed E-state index contributed by atoms with van der Waals surface area (Å²) >= 11 is 0. The number of pyridine rings is 1. The number of hydrogen-bond donors (Lipinski definition) is 1. The lowest BCUT2D eigenvalue weighted by Crippen LogP contribution is -2.25. The van der Waals surface area contributed by atoms with Crippen molar-refractivity contribution in [3.63, 3.8) is 0 Å². The molecule has 1 heterocycles. The molecular formula is C14H16N2. The monoisotopic (exact) mass is 212 g/mol. The Morgan fingerprint density at radius 2 is 2.06 bits per heavy atom. The zero-order valence-electron chi connectivity index (χ0n) is 9.26. The maximum atomic E-state index is 6.16. The van der Waals surface area contributed by atoms with E-state index >= 15 is 0 Å². The lowest BCUT2D eigenvalue weighted by atomic mass is 10.0. The molecular weight excluding hydrogens is 196 g/mol. The fourth-order valence-electron chi connectivity index (χ4n) is 2.26. The number of rotatable bonds is 3. The molecule has 2 aromatic rings. The van der Waals surface area contributed by atoms with Crippen molar-refractivity contribution in [1.82, 2.24) is 4.98 Å². The second-order valence-corrected chi connectivity index (χ2v) is 4.68. The molecule has 0 radical (unpaired) electrons. The molecule has 1 aliphatic carbocycles. The molecule has 1 saturated carbocycles. The van der Waals surface area contributed by atoms with Crippen LogP contribution in [0, 0.1) is 5.92 Å². The number of nitrogens with zero attached hydrogens (tertiary/aromatic N) is 1. The summed E-state index contributed by atoms with van der Waals surface area (Å²) in [6.07, 6.45) is 5.39. The third-order valence-corrected chi connectivity index (χ3v) is 3.41. The highest BCUT2D eigenvalue weighted by Gasteiger charge is 2.28. The molecule has 1 aliphatic rings. The molecule has 16 heavy (non-hydrogen) atoms. The van der Waals surface area contributed by atoms with E-state index in [2.05, 4.69) is 35.3 Å². The van der Waals surface area contributed by atoms with Gasteiger partial charge in [0.1, 0.15) is 0 Å². The highest BCUT2D eigenvalue weighted by molar-refractivity contribution is 5.84. The summed E-state index contributed by atoms with van der Waals surface area (Å²) in [5.41, 5.74) is 7.31. The molecule has 0 amide bonds. The second kappa shape index (κ2) is 3.87. The minimum absolute atomic E-state index is 0.290. The average molecular weight is 212 g/mol. The van der Waals surface area contributed by atoms with E-state index < -0.39 is 0 Å². The predicted octanol–water partition coefficient (Wildman–Crippen LogP) is 2.51. The molecule has 1 fully saturated rings. The maximum absolute atomic E-state index is 6.16. The van der Waals surface area contributed by atoms with Crippen LogP contribution in [0.1, 0.15) is 18.5 Å². The van der Waals surface area contributed by atoms with Gasteiger partial charge in [-0.05, 0) is 30.2 Å². The Hall–Kier alpha value is -1.41. The third kappa shape index (κ3) is 1.81. The maximum Gasteiger partial charge on any atom is 0.0497 e. The second-order valence-electron chi connectivity index (χ2n) is 4.68. The zero-order chi connectivity index (χ0) is 11.0. The van der Waals surface area contributed by atoms with E-state index in [0.717, 1.165) is 18.0 Å². The van der Waals surface area contributed by atoms with Gasteiger partial charge in [0.15, 0.2) is 0 Å². The van der Waals surface area contributed by atoms with Crippen LogP contribution in [0.3, 0.4) is 0 Å². The Morgan fingerprint density at radius 1 is 1.25 bits per heavy atom. The van der Waals surface area contributed by atoms with Crippen LogP contribution in [0.2, 0.25) is 0 Å². The van der Waals surface area contributed by atoms with Crippen LogP contribution in [0.4, 0.5) is 0 Å². The molecule has 0 aliphatic heterocycles. The van der Waals surface area contributed by atoms with Gasteiger partial charge in [-0.3, -0.25) is 4.98 Å². The van der Waals surface area contributed by atoms with Crippen molar-refractivity contribution in [3.05, 3.63) is 42.2 Å². The van der Waals surface area contributed by atoms with Gasteiger partial charge in [-0.25, -0.2) is 0 Å². The van der Waals surface area contributed by atoms with Crippen LogP contribution in [-0.4, -0.2) is 11.0 Å². The third-order valence-electron chi connectivity index (χ3n) is 3.41. The summed E-state index contributed by atoms with van der Waals surface area (Å²) in [4.78, 5) is 4.48. The molecule has 3 rings (SSSR count). The predicted molar refractivity (Wildman–Crippen MR) is 66.1 cm³/mol. The van der Waals surface area contributed by atoms with Crippen LogP contribution < -0.4 is 5.73 Å². The first-order chi connectivity index (χ1) is 7.84. The van der Waals surface area contributed by atoms with Crippen LogP contribution in [0.5, 0.6) is 0 Å². The molecule has 1 atom stereocenters. The first kappa shape index (κ1) is 9.79. The Morgan fingerprint density at radius 3 is 2.88 bits per heavy atom. The van der Waals surface area contributed by atoms with Gasteiger partial charge in [0.05, 0.1) is 0 Å². The number of fused-ring (bicyclic) bond motifs is 1. The lowest BCUT2D eigenvalue weighted by Gasteiger charge is -2.11. The van der Waals surface area contributed by atoms with E-state index in [1.54, 1.807) is 0 Å². The van der Waals surface area contributed by atoms with Crippen LogP contribution >= 0.6 is 0 Å². The molecule has 1 aromatic heterocycles. The summed E-state index contributed by atoms with van der Waals surface area (Å²) in [7, 11) is 0. The van der Waals surface area contributed by atoms with Crippen molar-refractivity contribution in [2.24, 2.45) is 11.7 Å². The van der Waals surface area contributed by atoms with Gasteiger partial charge in [-0.2, -0.15) is 0 Å². The number of hydrogen-bond acceptors (Lipinski definition) is 2. The van der Waals surface area contributed by atoms with E-state index in [1.165, 1.54) is 23.6 Å². The lowest BCUT2D eigenvalue weighted by molar-refractivity contribution is 0.586. The number of aromatic nitrogens is 1. The molecule has 2 N–H and O–H groups in total. The smallest absolute Gasteiger partial charge is 0.0497 e. The quantitative estimate of drug-likeness (QED) is 0.849. The van der Waals surface area contributed by atoms with Crippen LogP contribution in [0.15, 0.2) is 36.5 Å². The summed E-state index contributed by atoms with van der Waals surface area (Å²) < 4.78 is 0. The minimum Gasteiger partial charge on any atom is -0.327 e. The Balaban J connectivity index is 1.95. The zero-order valence-corrected chi connectivity index (χ0v) is 9.26. The molecule has 0 saturated heterocycles. The highest BCUT2D eigenvalue weighted by Crippen LogP contribution is 2.33. The first-order valence-corrected chi connectivity index (χ1v) is 5.93. The summed E-state index contributed by atoms with van der Waals surface area (Å²) in [5.74, 6) is 0.737. The molecule has 82 valence electrons. The van der Waals surface area contributed by atoms with E-state index in [-0.39, 0.29) is 0 Å². The van der Waals surface area contributed by atoms with Gasteiger partial charge in [0.25, 0.3) is 0 Å². The molecule has 2 nitrogen and oxygen atoms in total. The topological polar surface area (TPSA) is 38.9 Å². The van der Waals surface area contributed by atoms with Crippen molar-refractivity contribution < 1.29 is 0 Å². The van der Waals surface area contributed by atoms with Gasteiger partial charge < -0.3 is 5.73 Å². The standard InChI is InChI=1S/C14H16N2/c15-13(11-5-6-11)9-14-12-4-2-1-3-10(12)7-8-16-14/h1-4,7-8,11,13H,5-6,9,15H2. The fourth-order valence-corrected chi connectivity index (χ4v) is 2.26. The fraction of sp³-hybridized carbons (Fsp3) is 0.357. The van der Waals surface area contributed by atoms with E-state index in [0.29, 0.717) is 6.04 Å². The Kier molecular flexibility index (Phi) is 2.37. The normalized spacial score (nSPS) is 17.6. The molecule has 1 unspecified atom stereocenters. The summed E-state index contributed by atoms with van der Waals surface area (Å²) in [6.45, 7) is 0. The van der Waals surface area contributed by atoms with E-state index in [4.69, 9.17) is 5.73 Å². The van der Waals surface area contributed by atoms with Gasteiger partial charge in [0.2, 0.25) is 0 Å². The minimum atomic E-state index is 0.290. The molecule has 2 heteroatoms. The van der Waals surface area contributed by atoms with Gasteiger partial charge in [-0.15, -0.1) is 0 Å². The van der Waals surface area contributed by atoms with Gasteiger partial charge in [-0.1, -0.05) is 24.3 Å². The van der Waals surface area contributed by atoms with Crippen LogP contribution in [0.25, 0.3) is 10.8 Å². The molecule has 1 aromatic carbocycles. The first-order valence-electron chi connectivity index (χ1n) is 5.93. The molecule has 0 bridgehead atoms. The van der Waals surface area contributed by atoms with Crippen molar-refractivity contribution in [1.29, 1.82) is 0 Å². The summed E-state index contributed by atoms with van der Waals surface area (Å²) in [6, 6.07) is 10.7. The number of benzene rings is 1. The van der Waals surface area contributed by atoms with E-state index in [9.17, 15) is 0 Å². The van der Waals surface area contributed by atoms with Crippen LogP contribution in [-0.2, 0) is 6.42 Å². The highest BCUT2D eigenvalue weighted by atomic mass is 14.7.